The van der Waals surface area contributed by atoms with E-state index in [1.807, 2.05) is 0 Å². The van der Waals surface area contributed by atoms with Crippen molar-refractivity contribution in [3.8, 4) is 0 Å². The molecule has 8 heteroatoms. The van der Waals surface area contributed by atoms with Crippen molar-refractivity contribution in [2.45, 2.75) is 23.8 Å². The van der Waals surface area contributed by atoms with Crippen LogP contribution in [0.25, 0.3) is 0 Å². The van der Waals surface area contributed by atoms with Gasteiger partial charge in [0.2, 0.25) is 15.9 Å². The van der Waals surface area contributed by atoms with E-state index in [0.29, 0.717) is 5.69 Å². The maximum Gasteiger partial charge on any atom is 0.240 e. The molecule has 1 heterocycles. The molecule has 1 aliphatic rings. The minimum Gasteiger partial charge on any atom is -0.376 e. The van der Waals surface area contributed by atoms with Crippen LogP contribution in [-0.4, -0.2) is 45.1 Å². The van der Waals surface area contributed by atoms with Crippen LogP contribution < -0.4 is 10.0 Å². The third-order valence-corrected chi connectivity index (χ3v) is 6.21. The fraction of sp³-hybridized carbons (Fsp3) is 0.500. The highest BCUT2D eigenvalue weighted by Crippen LogP contribution is 2.30. The molecule has 0 unspecified atom stereocenters. The minimum atomic E-state index is -3.59. The molecule has 1 aromatic rings. The molecule has 1 atom stereocenters. The highest BCUT2D eigenvalue weighted by Gasteiger charge is 2.35. The van der Waals surface area contributed by atoms with Crippen LogP contribution in [0.15, 0.2) is 29.2 Å². The zero-order valence-electron chi connectivity index (χ0n) is 12.6. The first-order valence-corrected chi connectivity index (χ1v) is 9.51. The average molecular weight is 344 g/mol. The van der Waals surface area contributed by atoms with Gasteiger partial charge in [-0.05, 0) is 36.4 Å². The van der Waals surface area contributed by atoms with E-state index in [-0.39, 0.29) is 17.3 Å². The van der Waals surface area contributed by atoms with Crippen LogP contribution >= 0.6 is 11.8 Å². The van der Waals surface area contributed by atoms with Crippen LogP contribution in [0.2, 0.25) is 0 Å². The van der Waals surface area contributed by atoms with Crippen molar-refractivity contribution >= 4 is 33.4 Å². The van der Waals surface area contributed by atoms with Gasteiger partial charge in [0.25, 0.3) is 0 Å². The Hall–Kier alpha value is -1.09. The standard InChI is InChI=1S/C14H20N2O4S2/c1-11(17)16-12-3-5-13(6-4-12)22(18,19)15-9-14(20-2)7-8-21-10-14/h3-6,15H,7-10H2,1-2H3,(H,16,17)/t14-/m1/s1. The lowest BCUT2D eigenvalue weighted by Crippen LogP contribution is -2.44. The third kappa shape index (κ3) is 4.22. The fourth-order valence-corrected chi connectivity index (χ4v) is 4.70. The summed E-state index contributed by atoms with van der Waals surface area (Å²) in [6.07, 6.45) is 0.832. The minimum absolute atomic E-state index is 0.165. The number of rotatable bonds is 6. The summed E-state index contributed by atoms with van der Waals surface area (Å²) >= 11 is 1.76. The molecular formula is C14H20N2O4S2. The number of hydrogen-bond donors (Lipinski definition) is 2. The van der Waals surface area contributed by atoms with Gasteiger partial charge in [0, 0.05) is 32.0 Å². The second kappa shape index (κ2) is 6.99. The lowest BCUT2D eigenvalue weighted by molar-refractivity contribution is -0.114. The molecule has 0 aromatic heterocycles. The third-order valence-electron chi connectivity index (χ3n) is 3.57. The first kappa shape index (κ1) is 17.3. The van der Waals surface area contributed by atoms with Gasteiger partial charge in [-0.15, -0.1) is 0 Å². The zero-order valence-corrected chi connectivity index (χ0v) is 14.2. The van der Waals surface area contributed by atoms with E-state index in [1.165, 1.54) is 19.1 Å². The highest BCUT2D eigenvalue weighted by atomic mass is 32.2. The van der Waals surface area contributed by atoms with Crippen molar-refractivity contribution < 1.29 is 17.9 Å². The van der Waals surface area contributed by atoms with Crippen molar-refractivity contribution in [3.05, 3.63) is 24.3 Å². The van der Waals surface area contributed by atoms with Crippen LogP contribution in [-0.2, 0) is 19.6 Å². The molecule has 1 aliphatic heterocycles. The number of carbonyl (C=O) groups excluding carboxylic acids is 1. The van der Waals surface area contributed by atoms with Crippen molar-refractivity contribution in [1.29, 1.82) is 0 Å². The topological polar surface area (TPSA) is 84.5 Å². The van der Waals surface area contributed by atoms with E-state index in [4.69, 9.17) is 4.74 Å². The van der Waals surface area contributed by atoms with Gasteiger partial charge < -0.3 is 10.1 Å². The van der Waals surface area contributed by atoms with Gasteiger partial charge in [0.15, 0.2) is 0 Å². The van der Waals surface area contributed by atoms with E-state index < -0.39 is 15.6 Å². The van der Waals surface area contributed by atoms with Crippen LogP contribution in [0.5, 0.6) is 0 Å². The van der Waals surface area contributed by atoms with Gasteiger partial charge in [-0.2, -0.15) is 11.8 Å². The first-order valence-electron chi connectivity index (χ1n) is 6.87. The predicted octanol–water partition coefficient (Wildman–Crippen LogP) is 1.45. The summed E-state index contributed by atoms with van der Waals surface area (Å²) < 4.78 is 32.8. The lowest BCUT2D eigenvalue weighted by atomic mass is 10.0. The number of hydrogen-bond acceptors (Lipinski definition) is 5. The van der Waals surface area contributed by atoms with Gasteiger partial charge in [-0.1, -0.05) is 0 Å². The highest BCUT2D eigenvalue weighted by molar-refractivity contribution is 7.99. The van der Waals surface area contributed by atoms with Crippen LogP contribution in [0.3, 0.4) is 0 Å². The number of amides is 1. The monoisotopic (exact) mass is 344 g/mol. The number of sulfonamides is 1. The first-order chi connectivity index (χ1) is 10.4. The van der Waals surface area contributed by atoms with E-state index in [1.54, 1.807) is 31.0 Å². The van der Waals surface area contributed by atoms with Gasteiger partial charge in [0.1, 0.15) is 0 Å². The molecule has 0 bridgehead atoms. The number of carbonyl (C=O) groups is 1. The van der Waals surface area contributed by atoms with E-state index in [0.717, 1.165) is 17.9 Å². The van der Waals surface area contributed by atoms with Gasteiger partial charge in [0.05, 0.1) is 10.5 Å². The number of anilines is 1. The van der Waals surface area contributed by atoms with Crippen LogP contribution in [0.4, 0.5) is 5.69 Å². The fourth-order valence-electron chi connectivity index (χ4n) is 2.19. The summed E-state index contributed by atoms with van der Waals surface area (Å²) in [7, 11) is -1.98. The molecule has 1 aromatic carbocycles. The van der Waals surface area contributed by atoms with Crippen molar-refractivity contribution in [1.82, 2.24) is 4.72 Å². The Morgan fingerprint density at radius 3 is 2.55 bits per heavy atom. The second-order valence-corrected chi connectivity index (χ2v) is 8.09. The van der Waals surface area contributed by atoms with E-state index in [2.05, 4.69) is 10.0 Å². The summed E-state index contributed by atoms with van der Waals surface area (Å²) in [6.45, 7) is 1.66. The number of nitrogens with one attached hydrogen (secondary N) is 2. The number of ether oxygens (including phenoxy) is 1. The maximum atomic E-state index is 12.3. The summed E-state index contributed by atoms with van der Waals surface area (Å²) in [5.41, 5.74) is 0.139. The Balaban J connectivity index is 2.05. The van der Waals surface area contributed by atoms with Gasteiger partial charge >= 0.3 is 0 Å². The van der Waals surface area contributed by atoms with E-state index in [9.17, 15) is 13.2 Å². The summed E-state index contributed by atoms with van der Waals surface area (Å²) in [5, 5.41) is 2.60. The molecule has 0 spiro atoms. The Morgan fingerprint density at radius 2 is 2.05 bits per heavy atom. The molecule has 22 heavy (non-hydrogen) atoms. The molecule has 0 saturated carbocycles. The average Bonchev–Trinajstić information content (AvgIpc) is 2.95. The van der Waals surface area contributed by atoms with E-state index >= 15 is 0 Å². The number of methoxy groups -OCH3 is 1. The number of thioether (sulfide) groups is 1. The summed E-state index contributed by atoms with van der Waals surface area (Å²) in [6, 6.07) is 6.06. The molecule has 122 valence electrons. The SMILES string of the molecule is CO[C@@]1(CNS(=O)(=O)c2ccc(NC(C)=O)cc2)CCSC1. The maximum absolute atomic E-state index is 12.3. The van der Waals surface area contributed by atoms with Crippen LogP contribution in [0.1, 0.15) is 13.3 Å². The normalized spacial score (nSPS) is 21.7. The molecule has 2 N–H and O–H groups in total. The molecule has 6 nitrogen and oxygen atoms in total. The Labute approximate surface area is 135 Å². The quantitative estimate of drug-likeness (QED) is 0.816. The van der Waals surface area contributed by atoms with Gasteiger partial charge in [-0.3, -0.25) is 4.79 Å². The second-order valence-electron chi connectivity index (χ2n) is 5.22. The van der Waals surface area contributed by atoms with Crippen molar-refractivity contribution in [2.75, 3.05) is 30.5 Å². The Morgan fingerprint density at radius 1 is 1.36 bits per heavy atom. The Kier molecular flexibility index (Phi) is 5.49. The lowest BCUT2D eigenvalue weighted by Gasteiger charge is -2.26. The molecule has 1 saturated heterocycles. The zero-order chi connectivity index (χ0) is 16.2. The van der Waals surface area contributed by atoms with Crippen molar-refractivity contribution in [2.24, 2.45) is 0 Å². The molecular weight excluding hydrogens is 324 g/mol. The summed E-state index contributed by atoms with van der Waals surface area (Å²) in [4.78, 5) is 11.1. The molecule has 0 aliphatic carbocycles. The molecule has 1 fully saturated rings. The summed E-state index contributed by atoms with van der Waals surface area (Å²) in [5.74, 6) is 1.56. The predicted molar refractivity (Wildman–Crippen MR) is 87.6 cm³/mol. The molecule has 1 amide bonds. The van der Waals surface area contributed by atoms with Gasteiger partial charge in [-0.25, -0.2) is 13.1 Å². The van der Waals surface area contributed by atoms with Crippen molar-refractivity contribution in [3.63, 3.8) is 0 Å². The largest absolute Gasteiger partial charge is 0.376 e. The molecule has 2 rings (SSSR count). The smallest absolute Gasteiger partial charge is 0.240 e. The molecule has 0 radical (unpaired) electrons. The Bertz CT molecular complexity index is 623. The van der Waals surface area contributed by atoms with Crippen LogP contribution in [0, 0.1) is 0 Å². The number of benzene rings is 1.